The highest BCUT2D eigenvalue weighted by atomic mass is 15.1. The van der Waals surface area contributed by atoms with Crippen LogP contribution in [0.2, 0.25) is 0 Å². The summed E-state index contributed by atoms with van der Waals surface area (Å²) in [6.07, 6.45) is 7.00. The lowest BCUT2D eigenvalue weighted by molar-refractivity contribution is 0.745. The van der Waals surface area contributed by atoms with E-state index in [1.807, 2.05) is 0 Å². The second-order valence-corrected chi connectivity index (χ2v) is 13.7. The van der Waals surface area contributed by atoms with Gasteiger partial charge in [-0.3, -0.25) is 0 Å². The van der Waals surface area contributed by atoms with E-state index in [4.69, 9.17) is 0 Å². The van der Waals surface area contributed by atoms with Crippen LogP contribution in [-0.4, -0.2) is 26.2 Å². The van der Waals surface area contributed by atoms with Gasteiger partial charge < -0.3 is 9.80 Å². The zero-order valence-electron chi connectivity index (χ0n) is 31.7. The van der Waals surface area contributed by atoms with E-state index in [9.17, 15) is 0 Å². The van der Waals surface area contributed by atoms with Crippen molar-refractivity contribution < 1.29 is 0 Å². The molecule has 0 heterocycles. The van der Waals surface area contributed by atoms with Gasteiger partial charge in [-0.15, -0.1) is 0 Å². The molecule has 2 nitrogen and oxygen atoms in total. The monoisotopic (exact) mass is 660 g/mol. The van der Waals surface area contributed by atoms with Gasteiger partial charge in [0.1, 0.15) is 0 Å². The Morgan fingerprint density at radius 3 is 1.18 bits per heavy atom. The molecule has 258 valence electrons. The van der Waals surface area contributed by atoms with Gasteiger partial charge in [0, 0.05) is 37.6 Å². The van der Waals surface area contributed by atoms with Crippen molar-refractivity contribution >= 4 is 34.7 Å². The highest BCUT2D eigenvalue weighted by Crippen LogP contribution is 2.33. The molecule has 0 atom stereocenters. The van der Waals surface area contributed by atoms with Crippen LogP contribution in [-0.2, 0) is 0 Å². The predicted octanol–water partition coefficient (Wildman–Crippen LogP) is 12.6. The second-order valence-electron chi connectivity index (χ2n) is 13.7. The standard InChI is InChI=1S/C48H56N2/c1-9-29-50(30-10-2)44-25-21-42(22-26-44)48(46-28-14-36(6)32-38(46)8)34-40-17-15-39(16-18-40)33-47(45-27-13-35(5)31-37(45)7)41-19-23-43(24-20-41)49(11-3)12-4/h13-28,31-34H,9-12,29-30H2,1-8H3/b47-33+,48-34+. The maximum atomic E-state index is 2.50. The quantitative estimate of drug-likeness (QED) is 0.109. The summed E-state index contributed by atoms with van der Waals surface area (Å²) < 4.78 is 0. The number of nitrogens with zero attached hydrogens (tertiary/aromatic N) is 2. The average molecular weight is 661 g/mol. The van der Waals surface area contributed by atoms with Gasteiger partial charge in [0.05, 0.1) is 0 Å². The summed E-state index contributed by atoms with van der Waals surface area (Å²) in [5.74, 6) is 0. The molecule has 0 saturated carbocycles. The van der Waals surface area contributed by atoms with Crippen molar-refractivity contribution in [2.45, 2.75) is 68.2 Å². The van der Waals surface area contributed by atoms with Crippen LogP contribution in [0.4, 0.5) is 11.4 Å². The van der Waals surface area contributed by atoms with Gasteiger partial charge in [0.25, 0.3) is 0 Å². The Morgan fingerprint density at radius 1 is 0.460 bits per heavy atom. The summed E-state index contributed by atoms with van der Waals surface area (Å²) in [7, 11) is 0. The molecular formula is C48H56N2. The third-order valence-electron chi connectivity index (χ3n) is 9.74. The Bertz CT molecular complexity index is 1900. The van der Waals surface area contributed by atoms with Crippen molar-refractivity contribution in [3.05, 3.63) is 165 Å². The number of anilines is 2. The van der Waals surface area contributed by atoms with E-state index in [0.717, 1.165) is 39.0 Å². The van der Waals surface area contributed by atoms with E-state index in [-0.39, 0.29) is 0 Å². The first-order valence-electron chi connectivity index (χ1n) is 18.6. The molecule has 0 aliphatic rings. The molecule has 0 aromatic heterocycles. The van der Waals surface area contributed by atoms with E-state index >= 15 is 0 Å². The van der Waals surface area contributed by atoms with Crippen molar-refractivity contribution in [1.29, 1.82) is 0 Å². The van der Waals surface area contributed by atoms with Gasteiger partial charge in [-0.2, -0.15) is 0 Å². The van der Waals surface area contributed by atoms with Gasteiger partial charge in [-0.1, -0.05) is 110 Å². The van der Waals surface area contributed by atoms with Crippen molar-refractivity contribution in [1.82, 2.24) is 0 Å². The Balaban J connectivity index is 1.54. The minimum Gasteiger partial charge on any atom is -0.372 e. The van der Waals surface area contributed by atoms with Gasteiger partial charge in [-0.05, 0) is 146 Å². The Morgan fingerprint density at radius 2 is 0.840 bits per heavy atom. The van der Waals surface area contributed by atoms with Crippen molar-refractivity contribution in [2.75, 3.05) is 36.0 Å². The van der Waals surface area contributed by atoms with E-state index < -0.39 is 0 Å². The lowest BCUT2D eigenvalue weighted by Gasteiger charge is -2.24. The van der Waals surface area contributed by atoms with Gasteiger partial charge in [-0.25, -0.2) is 0 Å². The predicted molar refractivity (Wildman–Crippen MR) is 221 cm³/mol. The minimum absolute atomic E-state index is 1.00. The zero-order valence-corrected chi connectivity index (χ0v) is 31.7. The molecule has 5 aromatic rings. The van der Waals surface area contributed by atoms with Crippen LogP contribution in [0.1, 0.15) is 96.2 Å². The number of hydrogen-bond acceptors (Lipinski definition) is 2. The first-order chi connectivity index (χ1) is 24.2. The van der Waals surface area contributed by atoms with Crippen molar-refractivity contribution in [3.8, 4) is 0 Å². The molecule has 0 N–H and O–H groups in total. The Labute approximate surface area is 302 Å². The molecule has 0 fully saturated rings. The van der Waals surface area contributed by atoms with Gasteiger partial charge in [0.2, 0.25) is 0 Å². The average Bonchev–Trinajstić information content (AvgIpc) is 3.12. The molecule has 0 amide bonds. The molecule has 0 aliphatic heterocycles. The van der Waals surface area contributed by atoms with E-state index in [0.29, 0.717) is 0 Å². The fourth-order valence-electron chi connectivity index (χ4n) is 7.09. The topological polar surface area (TPSA) is 6.48 Å². The molecule has 0 aliphatic carbocycles. The molecular weight excluding hydrogens is 605 g/mol. The molecule has 0 radical (unpaired) electrons. The zero-order chi connectivity index (χ0) is 35.6. The van der Waals surface area contributed by atoms with Crippen LogP contribution in [0.5, 0.6) is 0 Å². The molecule has 5 rings (SSSR count). The largest absolute Gasteiger partial charge is 0.372 e. The summed E-state index contributed by atoms with van der Waals surface area (Å²) in [6, 6.07) is 40.9. The summed E-state index contributed by atoms with van der Waals surface area (Å²) >= 11 is 0. The maximum absolute atomic E-state index is 2.50. The first-order valence-corrected chi connectivity index (χ1v) is 18.6. The van der Waals surface area contributed by atoms with Gasteiger partial charge >= 0.3 is 0 Å². The fourth-order valence-corrected chi connectivity index (χ4v) is 7.09. The summed E-state index contributed by atoms with van der Waals surface area (Å²) in [4.78, 5) is 4.90. The fraction of sp³-hybridized carbons (Fsp3) is 0.292. The van der Waals surface area contributed by atoms with Crippen LogP contribution in [0.15, 0.2) is 109 Å². The van der Waals surface area contributed by atoms with Crippen LogP contribution in [0, 0.1) is 27.7 Å². The highest BCUT2D eigenvalue weighted by molar-refractivity contribution is 5.94. The second kappa shape index (κ2) is 17.2. The van der Waals surface area contributed by atoms with E-state index in [2.05, 4.69) is 187 Å². The number of hydrogen-bond donors (Lipinski definition) is 0. The number of rotatable bonds is 14. The molecule has 0 unspecified atom stereocenters. The van der Waals surface area contributed by atoms with Gasteiger partial charge in [0.15, 0.2) is 0 Å². The summed E-state index contributed by atoms with van der Waals surface area (Å²) in [5, 5.41) is 0. The maximum Gasteiger partial charge on any atom is 0.0366 e. The molecule has 5 aromatic carbocycles. The Kier molecular flexibility index (Phi) is 12.6. The van der Waals surface area contributed by atoms with Crippen molar-refractivity contribution in [3.63, 3.8) is 0 Å². The minimum atomic E-state index is 1.00. The van der Waals surface area contributed by atoms with Crippen LogP contribution >= 0.6 is 0 Å². The molecule has 50 heavy (non-hydrogen) atoms. The van der Waals surface area contributed by atoms with E-state index in [1.54, 1.807) is 0 Å². The third kappa shape index (κ3) is 8.85. The first kappa shape index (κ1) is 36.5. The van der Waals surface area contributed by atoms with Crippen molar-refractivity contribution in [2.24, 2.45) is 0 Å². The molecule has 2 heteroatoms. The third-order valence-corrected chi connectivity index (χ3v) is 9.74. The van der Waals surface area contributed by atoms with E-state index in [1.165, 1.54) is 78.2 Å². The molecule has 0 bridgehead atoms. The summed E-state index contributed by atoms with van der Waals surface area (Å²) in [5.41, 5.74) is 17.6. The lowest BCUT2D eigenvalue weighted by atomic mass is 9.90. The van der Waals surface area contributed by atoms with Crippen LogP contribution < -0.4 is 9.80 Å². The van der Waals surface area contributed by atoms with Crippen LogP contribution in [0.3, 0.4) is 0 Å². The summed E-state index contributed by atoms with van der Waals surface area (Å²) in [6.45, 7) is 21.9. The SMILES string of the molecule is CCCN(CCC)c1ccc(/C(=C\c2ccc(/C=C(\c3ccc(N(CC)CC)cc3)c3ccc(C)cc3C)cc2)c2ccc(C)cc2C)cc1. The normalized spacial score (nSPS) is 11.9. The molecule has 0 spiro atoms. The molecule has 0 saturated heterocycles. The van der Waals surface area contributed by atoms with Crippen LogP contribution in [0.25, 0.3) is 23.3 Å². The Hall–Kier alpha value is -4.82. The smallest absolute Gasteiger partial charge is 0.0366 e. The number of aryl methyl sites for hydroxylation is 4. The lowest BCUT2D eigenvalue weighted by Crippen LogP contribution is -2.24. The number of benzene rings is 5. The highest BCUT2D eigenvalue weighted by Gasteiger charge is 2.13.